The van der Waals surface area contributed by atoms with Crippen LogP contribution in [0.4, 0.5) is 5.69 Å². The van der Waals surface area contributed by atoms with Crippen LogP contribution in [0.2, 0.25) is 0 Å². The Balaban J connectivity index is 1.63. The SMILES string of the molecule is CC1CNCCN1C(=O)Cc1ccc(NS(=O)(=O)c2cccs2)cc1. The quantitative estimate of drug-likeness (QED) is 0.832. The molecule has 0 saturated carbocycles. The van der Waals surface area contributed by atoms with Gasteiger partial charge in [0.15, 0.2) is 0 Å². The number of piperazine rings is 1. The molecule has 0 bridgehead atoms. The fraction of sp³-hybridized carbons (Fsp3) is 0.353. The van der Waals surface area contributed by atoms with Crippen LogP contribution in [0, 0.1) is 0 Å². The van der Waals surface area contributed by atoms with E-state index in [2.05, 4.69) is 10.0 Å². The van der Waals surface area contributed by atoms with Gasteiger partial charge in [-0.1, -0.05) is 18.2 Å². The first-order chi connectivity index (χ1) is 12.0. The molecule has 1 aromatic heterocycles. The number of hydrogen-bond acceptors (Lipinski definition) is 5. The first-order valence-corrected chi connectivity index (χ1v) is 10.5. The lowest BCUT2D eigenvalue weighted by Crippen LogP contribution is -2.52. The molecule has 1 fully saturated rings. The zero-order chi connectivity index (χ0) is 17.9. The van der Waals surface area contributed by atoms with Crippen LogP contribution in [0.3, 0.4) is 0 Å². The van der Waals surface area contributed by atoms with Gasteiger partial charge in [-0.25, -0.2) is 8.42 Å². The van der Waals surface area contributed by atoms with Crippen molar-refractivity contribution in [3.05, 3.63) is 47.3 Å². The summed E-state index contributed by atoms with van der Waals surface area (Å²) in [6, 6.07) is 10.4. The lowest BCUT2D eigenvalue weighted by molar-refractivity contribution is -0.133. The number of carbonyl (C=O) groups excluding carboxylic acids is 1. The van der Waals surface area contributed by atoms with Gasteiger partial charge in [0.2, 0.25) is 5.91 Å². The van der Waals surface area contributed by atoms with E-state index in [0.717, 1.165) is 25.2 Å². The van der Waals surface area contributed by atoms with Gasteiger partial charge in [-0.3, -0.25) is 9.52 Å². The highest BCUT2D eigenvalue weighted by Crippen LogP contribution is 2.20. The molecule has 1 aromatic carbocycles. The zero-order valence-corrected chi connectivity index (χ0v) is 15.6. The summed E-state index contributed by atoms with van der Waals surface area (Å²) < 4.78 is 27.2. The van der Waals surface area contributed by atoms with Gasteiger partial charge >= 0.3 is 0 Å². The average molecular weight is 380 g/mol. The van der Waals surface area contributed by atoms with E-state index in [9.17, 15) is 13.2 Å². The molecule has 2 N–H and O–H groups in total. The minimum atomic E-state index is -3.54. The fourth-order valence-corrected chi connectivity index (χ4v) is 4.85. The molecule has 0 spiro atoms. The summed E-state index contributed by atoms with van der Waals surface area (Å²) in [5, 5.41) is 4.99. The Morgan fingerprint density at radius 1 is 1.32 bits per heavy atom. The molecule has 1 unspecified atom stereocenters. The lowest BCUT2D eigenvalue weighted by atomic mass is 10.1. The van der Waals surface area contributed by atoms with Gasteiger partial charge in [0.05, 0.1) is 6.42 Å². The van der Waals surface area contributed by atoms with E-state index >= 15 is 0 Å². The normalized spacial score (nSPS) is 18.1. The Labute approximate surface area is 151 Å². The summed E-state index contributed by atoms with van der Waals surface area (Å²) in [5.74, 6) is 0.0981. The van der Waals surface area contributed by atoms with E-state index in [1.54, 1.807) is 41.8 Å². The number of sulfonamides is 1. The molecule has 1 aliphatic rings. The Kier molecular flexibility index (Phi) is 5.41. The zero-order valence-electron chi connectivity index (χ0n) is 13.9. The summed E-state index contributed by atoms with van der Waals surface area (Å²) >= 11 is 1.17. The summed E-state index contributed by atoms with van der Waals surface area (Å²) in [6.45, 7) is 4.39. The third-order valence-corrected chi connectivity index (χ3v) is 6.92. The van der Waals surface area contributed by atoms with Gasteiger partial charge in [0.25, 0.3) is 10.0 Å². The molecular weight excluding hydrogens is 358 g/mol. The van der Waals surface area contributed by atoms with Crippen molar-refractivity contribution in [2.24, 2.45) is 0 Å². The standard InChI is InChI=1S/C17H21N3O3S2/c1-13-12-18-8-9-20(13)16(21)11-14-4-6-15(7-5-14)19-25(22,23)17-3-2-10-24-17/h2-7,10,13,18-19H,8-9,11-12H2,1H3. The second-order valence-corrected chi connectivity index (χ2v) is 8.91. The molecule has 2 aromatic rings. The maximum Gasteiger partial charge on any atom is 0.271 e. The van der Waals surface area contributed by atoms with Crippen molar-refractivity contribution in [1.82, 2.24) is 10.2 Å². The van der Waals surface area contributed by atoms with Crippen molar-refractivity contribution in [2.45, 2.75) is 23.6 Å². The Morgan fingerprint density at radius 2 is 2.08 bits per heavy atom. The van der Waals surface area contributed by atoms with Crippen LogP contribution >= 0.6 is 11.3 Å². The number of amides is 1. The van der Waals surface area contributed by atoms with E-state index < -0.39 is 10.0 Å². The van der Waals surface area contributed by atoms with Crippen molar-refractivity contribution in [3.8, 4) is 0 Å². The lowest BCUT2D eigenvalue weighted by Gasteiger charge is -2.34. The molecule has 0 radical (unpaired) electrons. The van der Waals surface area contributed by atoms with Crippen molar-refractivity contribution >= 4 is 33.0 Å². The molecule has 1 amide bonds. The van der Waals surface area contributed by atoms with Gasteiger partial charge < -0.3 is 10.2 Å². The van der Waals surface area contributed by atoms with Crippen LogP contribution in [0.5, 0.6) is 0 Å². The van der Waals surface area contributed by atoms with Gasteiger partial charge in [-0.15, -0.1) is 11.3 Å². The first-order valence-electron chi connectivity index (χ1n) is 8.11. The van der Waals surface area contributed by atoms with Crippen molar-refractivity contribution in [3.63, 3.8) is 0 Å². The molecule has 1 atom stereocenters. The van der Waals surface area contributed by atoms with E-state index in [-0.39, 0.29) is 16.2 Å². The number of thiophene rings is 1. The maximum absolute atomic E-state index is 12.4. The molecular formula is C17H21N3O3S2. The van der Waals surface area contributed by atoms with Crippen LogP contribution < -0.4 is 10.0 Å². The Bertz CT molecular complexity index is 817. The van der Waals surface area contributed by atoms with E-state index in [1.165, 1.54) is 11.3 Å². The third-order valence-electron chi connectivity index (χ3n) is 4.14. The third kappa shape index (κ3) is 4.39. The van der Waals surface area contributed by atoms with Gasteiger partial charge in [-0.05, 0) is 36.1 Å². The topological polar surface area (TPSA) is 78.5 Å². The van der Waals surface area contributed by atoms with Gasteiger partial charge in [0, 0.05) is 31.4 Å². The number of benzene rings is 1. The van der Waals surface area contributed by atoms with E-state index in [1.807, 2.05) is 11.8 Å². The molecule has 3 rings (SSSR count). The van der Waals surface area contributed by atoms with E-state index in [0.29, 0.717) is 12.1 Å². The summed E-state index contributed by atoms with van der Waals surface area (Å²) in [5.41, 5.74) is 1.36. The van der Waals surface area contributed by atoms with Crippen LogP contribution in [-0.2, 0) is 21.2 Å². The minimum Gasteiger partial charge on any atom is -0.337 e. The average Bonchev–Trinajstić information content (AvgIpc) is 3.12. The van der Waals surface area contributed by atoms with Crippen LogP contribution in [0.1, 0.15) is 12.5 Å². The maximum atomic E-state index is 12.4. The number of nitrogens with one attached hydrogen (secondary N) is 2. The predicted octanol–water partition coefficient (Wildman–Crippen LogP) is 1.91. The largest absolute Gasteiger partial charge is 0.337 e. The number of carbonyl (C=O) groups is 1. The Morgan fingerprint density at radius 3 is 2.72 bits per heavy atom. The summed E-state index contributed by atoms with van der Waals surface area (Å²) in [7, 11) is -3.54. The molecule has 0 aliphatic carbocycles. The smallest absolute Gasteiger partial charge is 0.271 e. The monoisotopic (exact) mass is 379 g/mol. The highest BCUT2D eigenvalue weighted by molar-refractivity contribution is 7.94. The van der Waals surface area contributed by atoms with Crippen molar-refractivity contribution in [2.75, 3.05) is 24.4 Å². The summed E-state index contributed by atoms with van der Waals surface area (Å²) in [6.07, 6.45) is 0.322. The molecule has 1 saturated heterocycles. The molecule has 134 valence electrons. The van der Waals surface area contributed by atoms with Gasteiger partial charge in [0.1, 0.15) is 4.21 Å². The van der Waals surface area contributed by atoms with Crippen molar-refractivity contribution in [1.29, 1.82) is 0 Å². The number of hydrogen-bond donors (Lipinski definition) is 2. The molecule has 6 nitrogen and oxygen atoms in total. The highest BCUT2D eigenvalue weighted by Gasteiger charge is 2.22. The minimum absolute atomic E-state index is 0.0981. The number of rotatable bonds is 5. The fourth-order valence-electron chi connectivity index (χ4n) is 2.80. The molecule has 1 aliphatic heterocycles. The number of nitrogens with zero attached hydrogens (tertiary/aromatic N) is 1. The second-order valence-electron chi connectivity index (χ2n) is 6.05. The molecule has 2 heterocycles. The summed E-state index contributed by atoms with van der Waals surface area (Å²) in [4.78, 5) is 14.3. The second kappa shape index (κ2) is 7.55. The van der Waals surface area contributed by atoms with E-state index in [4.69, 9.17) is 0 Å². The number of anilines is 1. The molecule has 8 heteroatoms. The van der Waals surface area contributed by atoms with Crippen LogP contribution in [0.25, 0.3) is 0 Å². The first kappa shape index (κ1) is 17.9. The Hall–Kier alpha value is -1.90. The predicted molar refractivity (Wildman–Crippen MR) is 99.3 cm³/mol. The van der Waals surface area contributed by atoms with Crippen LogP contribution in [-0.4, -0.2) is 44.9 Å². The van der Waals surface area contributed by atoms with Gasteiger partial charge in [-0.2, -0.15) is 0 Å². The van der Waals surface area contributed by atoms with Crippen LogP contribution in [0.15, 0.2) is 46.0 Å². The molecule has 25 heavy (non-hydrogen) atoms. The van der Waals surface area contributed by atoms with Crippen molar-refractivity contribution < 1.29 is 13.2 Å². The highest BCUT2D eigenvalue weighted by atomic mass is 32.2.